The molecular weight excluding hydrogens is 191 g/mol. The van der Waals surface area contributed by atoms with Crippen LogP contribution in [0.5, 0.6) is 0 Å². The van der Waals surface area contributed by atoms with E-state index in [0.29, 0.717) is 12.2 Å². The number of rotatable bonds is 3. The molecule has 0 saturated heterocycles. The summed E-state index contributed by atoms with van der Waals surface area (Å²) in [5, 5.41) is 0. The summed E-state index contributed by atoms with van der Waals surface area (Å²) in [7, 11) is 0. The maximum absolute atomic E-state index is 10.6. The molecule has 0 radical (unpaired) electrons. The van der Waals surface area contributed by atoms with E-state index in [-0.39, 0.29) is 23.9 Å². The average molecular weight is 206 g/mol. The van der Waals surface area contributed by atoms with Crippen molar-refractivity contribution >= 4 is 23.9 Å². The number of esters is 1. The van der Waals surface area contributed by atoms with Crippen LogP contribution in [0.2, 0.25) is 0 Å². The first-order chi connectivity index (χ1) is 4.18. The average Bonchev–Trinajstić information content (AvgIpc) is 1.82. The summed E-state index contributed by atoms with van der Waals surface area (Å²) in [5.74, 6) is -0.295. The zero-order valence-corrected chi connectivity index (χ0v) is 9.61. The monoisotopic (exact) mass is 206 g/mol. The van der Waals surface area contributed by atoms with E-state index in [1.54, 1.807) is 6.92 Å². The van der Waals surface area contributed by atoms with E-state index in [9.17, 15) is 4.79 Å². The van der Waals surface area contributed by atoms with Gasteiger partial charge in [-0.1, -0.05) is 13.5 Å². The molecule has 0 rings (SSSR count). The van der Waals surface area contributed by atoms with Gasteiger partial charge in [-0.05, 0) is 13.3 Å². The van der Waals surface area contributed by atoms with Gasteiger partial charge in [-0.2, -0.15) is 0 Å². The van der Waals surface area contributed by atoms with Crippen molar-refractivity contribution in [2.45, 2.75) is 20.3 Å². The SMILES string of the molecule is C=C(C)C(=O)OCCC.[AsH3]. The second kappa shape index (κ2) is 6.88. The number of carbonyl (C=O) groups is 1. The first-order valence-electron chi connectivity index (χ1n) is 3.01. The van der Waals surface area contributed by atoms with Crippen LogP contribution >= 0.6 is 0 Å². The van der Waals surface area contributed by atoms with Crippen LogP contribution in [0.25, 0.3) is 0 Å². The van der Waals surface area contributed by atoms with Crippen LogP contribution < -0.4 is 0 Å². The Labute approximate surface area is 73.0 Å². The fourth-order valence-corrected chi connectivity index (χ4v) is 0.318. The van der Waals surface area contributed by atoms with Gasteiger partial charge < -0.3 is 4.74 Å². The molecule has 0 aliphatic rings. The molecule has 0 amide bonds. The van der Waals surface area contributed by atoms with Crippen LogP contribution in [-0.4, -0.2) is 30.5 Å². The van der Waals surface area contributed by atoms with Gasteiger partial charge in [0.25, 0.3) is 0 Å². The zero-order chi connectivity index (χ0) is 7.28. The van der Waals surface area contributed by atoms with Crippen LogP contribution in [0.3, 0.4) is 0 Å². The quantitative estimate of drug-likeness (QED) is 0.378. The number of ether oxygens (including phenoxy) is 1. The molecule has 0 aromatic rings. The molecule has 0 aliphatic carbocycles. The van der Waals surface area contributed by atoms with E-state index in [1.807, 2.05) is 6.92 Å². The van der Waals surface area contributed by atoms with Crippen LogP contribution in [0, 0.1) is 0 Å². The molecule has 0 aromatic heterocycles. The van der Waals surface area contributed by atoms with Gasteiger partial charge in [0.15, 0.2) is 0 Å². The van der Waals surface area contributed by atoms with Crippen molar-refractivity contribution < 1.29 is 9.53 Å². The van der Waals surface area contributed by atoms with Crippen molar-refractivity contribution in [3.63, 3.8) is 0 Å². The normalized spacial score (nSPS) is 7.80. The van der Waals surface area contributed by atoms with Crippen LogP contribution in [-0.2, 0) is 9.53 Å². The number of hydrogen-bond acceptors (Lipinski definition) is 2. The second-order valence-corrected chi connectivity index (χ2v) is 1.92. The van der Waals surface area contributed by atoms with Crippen molar-refractivity contribution in [3.8, 4) is 0 Å². The molecule has 10 heavy (non-hydrogen) atoms. The Morgan fingerprint density at radius 1 is 1.60 bits per heavy atom. The molecule has 0 aliphatic heterocycles. The first kappa shape index (κ1) is 12.4. The molecule has 1 atom stereocenters. The van der Waals surface area contributed by atoms with Gasteiger partial charge in [0.05, 0.1) is 6.61 Å². The Morgan fingerprint density at radius 3 is 2.40 bits per heavy atom. The zero-order valence-electron chi connectivity index (χ0n) is 6.64. The summed E-state index contributed by atoms with van der Waals surface area (Å²) in [4.78, 5) is 10.6. The Morgan fingerprint density at radius 2 is 2.10 bits per heavy atom. The van der Waals surface area contributed by atoms with Crippen LogP contribution in [0.1, 0.15) is 20.3 Å². The molecule has 0 spiro atoms. The molecule has 0 heterocycles. The topological polar surface area (TPSA) is 26.3 Å². The Hall–Kier alpha value is -0.232. The second-order valence-electron chi connectivity index (χ2n) is 1.92. The van der Waals surface area contributed by atoms with Crippen LogP contribution in [0.4, 0.5) is 0 Å². The minimum absolute atomic E-state index is 0. The molecule has 0 N–H and O–H groups in total. The van der Waals surface area contributed by atoms with Gasteiger partial charge in [0, 0.05) is 5.57 Å². The van der Waals surface area contributed by atoms with Gasteiger partial charge >= 0.3 is 23.9 Å². The summed E-state index contributed by atoms with van der Waals surface area (Å²) in [6.45, 7) is 7.51. The predicted octanol–water partition coefficient (Wildman–Crippen LogP) is 0.332. The van der Waals surface area contributed by atoms with E-state index in [1.165, 1.54) is 0 Å². The van der Waals surface area contributed by atoms with Crippen molar-refractivity contribution in [2.75, 3.05) is 6.61 Å². The van der Waals surface area contributed by atoms with Gasteiger partial charge in [0.1, 0.15) is 0 Å². The molecule has 2 nitrogen and oxygen atoms in total. The van der Waals surface area contributed by atoms with E-state index in [0.717, 1.165) is 6.42 Å². The standard InChI is InChI=1S/C7H12O2.AsH3/c1-4-5-9-7(8)6(2)3;/h2,4-5H2,1,3H3;1H3. The number of carbonyl (C=O) groups excluding carboxylic acids is 1. The van der Waals surface area contributed by atoms with E-state index >= 15 is 0 Å². The van der Waals surface area contributed by atoms with Crippen molar-refractivity contribution in [1.82, 2.24) is 0 Å². The molecule has 0 bridgehead atoms. The molecule has 60 valence electrons. The summed E-state index contributed by atoms with van der Waals surface area (Å²) in [6.07, 6.45) is 0.860. The fraction of sp³-hybridized carbons (Fsp3) is 0.571. The molecule has 3 heteroatoms. The third-order valence-corrected chi connectivity index (χ3v) is 0.786. The fourth-order valence-electron chi connectivity index (χ4n) is 0.318. The van der Waals surface area contributed by atoms with Crippen molar-refractivity contribution in [1.29, 1.82) is 0 Å². The minimum atomic E-state index is -0.295. The molecule has 0 fully saturated rings. The predicted molar refractivity (Wildman–Crippen MR) is 46.0 cm³/mol. The molecule has 1 unspecified atom stereocenters. The van der Waals surface area contributed by atoms with Crippen LogP contribution in [0.15, 0.2) is 12.2 Å². The Balaban J connectivity index is 0. The summed E-state index contributed by atoms with van der Waals surface area (Å²) >= 11 is 0. The van der Waals surface area contributed by atoms with Gasteiger partial charge in [-0.3, -0.25) is 0 Å². The van der Waals surface area contributed by atoms with Crippen molar-refractivity contribution in [3.05, 3.63) is 12.2 Å². The molecule has 0 aromatic carbocycles. The van der Waals surface area contributed by atoms with Crippen molar-refractivity contribution in [2.24, 2.45) is 0 Å². The van der Waals surface area contributed by atoms with Gasteiger partial charge in [-0.25, -0.2) is 4.79 Å². The summed E-state index contributed by atoms with van der Waals surface area (Å²) < 4.78 is 4.71. The third kappa shape index (κ3) is 5.90. The third-order valence-electron chi connectivity index (χ3n) is 0.786. The summed E-state index contributed by atoms with van der Waals surface area (Å²) in [6, 6.07) is 0. The summed E-state index contributed by atoms with van der Waals surface area (Å²) in [5.41, 5.74) is 0.462. The van der Waals surface area contributed by atoms with E-state index in [4.69, 9.17) is 4.74 Å². The Kier molecular flexibility index (Phi) is 8.57. The van der Waals surface area contributed by atoms with Gasteiger partial charge in [-0.15, -0.1) is 0 Å². The molecule has 0 saturated carbocycles. The first-order valence-corrected chi connectivity index (χ1v) is 3.01. The van der Waals surface area contributed by atoms with E-state index in [2.05, 4.69) is 6.58 Å². The van der Waals surface area contributed by atoms with Gasteiger partial charge in [0.2, 0.25) is 0 Å². The maximum atomic E-state index is 10.6. The Bertz CT molecular complexity index is 121. The molecular formula is C7H15AsO2. The van der Waals surface area contributed by atoms with E-state index < -0.39 is 0 Å². The number of hydrogen-bond donors (Lipinski definition) is 0.